The summed E-state index contributed by atoms with van der Waals surface area (Å²) in [5.41, 5.74) is 4.04. The van der Waals surface area contributed by atoms with Crippen LogP contribution >= 0.6 is 12.2 Å². The normalized spacial score (nSPS) is 13.7. The Hall–Kier alpha value is -2.60. The van der Waals surface area contributed by atoms with Crippen LogP contribution in [0.4, 0.5) is 11.4 Å². The standard InChI is InChI=1S/C22H27N3O2S/c1-15(2)27-19-7-4-6-17(13-19)14-23-22(28)24-18-9-10-20(16(3)12-18)25-11-5-8-21(25)26/h4,6-7,9-10,12-13,15H,5,8,11,14H2,1-3H3,(H2,23,24,28). The second kappa shape index (κ2) is 9.06. The molecular weight excluding hydrogens is 370 g/mol. The Bertz CT molecular complexity index is 867. The average molecular weight is 398 g/mol. The molecule has 1 saturated heterocycles. The molecule has 6 heteroatoms. The van der Waals surface area contributed by atoms with E-state index in [4.69, 9.17) is 17.0 Å². The van der Waals surface area contributed by atoms with E-state index in [9.17, 15) is 4.79 Å². The fraction of sp³-hybridized carbons (Fsp3) is 0.364. The number of hydrogen-bond acceptors (Lipinski definition) is 3. The molecule has 0 radical (unpaired) electrons. The summed E-state index contributed by atoms with van der Waals surface area (Å²) in [5, 5.41) is 6.99. The van der Waals surface area contributed by atoms with Crippen LogP contribution in [0.2, 0.25) is 0 Å². The smallest absolute Gasteiger partial charge is 0.227 e. The van der Waals surface area contributed by atoms with Crippen LogP contribution in [0.25, 0.3) is 0 Å². The van der Waals surface area contributed by atoms with Gasteiger partial charge < -0.3 is 20.3 Å². The summed E-state index contributed by atoms with van der Waals surface area (Å²) in [6, 6.07) is 13.9. The quantitative estimate of drug-likeness (QED) is 0.708. The van der Waals surface area contributed by atoms with E-state index in [1.165, 1.54) is 0 Å². The zero-order valence-corrected chi connectivity index (χ0v) is 17.4. The van der Waals surface area contributed by atoms with Crippen molar-refractivity contribution in [3.63, 3.8) is 0 Å². The second-order valence-corrected chi connectivity index (χ2v) is 7.68. The monoisotopic (exact) mass is 397 g/mol. The summed E-state index contributed by atoms with van der Waals surface area (Å²) in [6.07, 6.45) is 1.71. The highest BCUT2D eigenvalue weighted by Crippen LogP contribution is 2.27. The van der Waals surface area contributed by atoms with Crippen molar-refractivity contribution in [3.05, 3.63) is 53.6 Å². The first-order valence-corrected chi connectivity index (χ1v) is 10.0. The third kappa shape index (κ3) is 5.23. The summed E-state index contributed by atoms with van der Waals surface area (Å²) < 4.78 is 5.73. The molecule has 2 aromatic carbocycles. The SMILES string of the molecule is Cc1cc(NC(=S)NCc2cccc(OC(C)C)c2)ccc1N1CCCC1=O. The molecule has 0 aliphatic carbocycles. The fourth-order valence-corrected chi connectivity index (χ4v) is 3.49. The van der Waals surface area contributed by atoms with Gasteiger partial charge in [-0.1, -0.05) is 12.1 Å². The molecule has 3 rings (SSSR count). The molecule has 5 nitrogen and oxygen atoms in total. The number of hydrogen-bond donors (Lipinski definition) is 2. The first-order valence-electron chi connectivity index (χ1n) is 9.64. The molecule has 0 saturated carbocycles. The number of ether oxygens (including phenoxy) is 1. The van der Waals surface area contributed by atoms with Crippen LogP contribution in [-0.2, 0) is 11.3 Å². The van der Waals surface area contributed by atoms with Crippen molar-refractivity contribution in [2.45, 2.75) is 46.3 Å². The number of aryl methyl sites for hydroxylation is 1. The molecule has 148 valence electrons. The lowest BCUT2D eigenvalue weighted by atomic mass is 10.1. The molecule has 28 heavy (non-hydrogen) atoms. The zero-order chi connectivity index (χ0) is 20.1. The molecule has 0 atom stereocenters. The van der Waals surface area contributed by atoms with Gasteiger partial charge in [0.05, 0.1) is 6.10 Å². The molecule has 0 aromatic heterocycles. The van der Waals surface area contributed by atoms with Crippen LogP contribution in [0.15, 0.2) is 42.5 Å². The summed E-state index contributed by atoms with van der Waals surface area (Å²) in [6.45, 7) is 7.45. The average Bonchev–Trinajstić information content (AvgIpc) is 3.06. The van der Waals surface area contributed by atoms with E-state index < -0.39 is 0 Å². The minimum Gasteiger partial charge on any atom is -0.491 e. The second-order valence-electron chi connectivity index (χ2n) is 7.27. The summed E-state index contributed by atoms with van der Waals surface area (Å²) in [7, 11) is 0. The minimum absolute atomic E-state index is 0.146. The van der Waals surface area contributed by atoms with Gasteiger partial charge in [-0.15, -0.1) is 0 Å². The van der Waals surface area contributed by atoms with Crippen molar-refractivity contribution in [2.75, 3.05) is 16.8 Å². The number of carbonyl (C=O) groups excluding carboxylic acids is 1. The Kier molecular flexibility index (Phi) is 6.52. The maximum Gasteiger partial charge on any atom is 0.227 e. The van der Waals surface area contributed by atoms with Gasteiger partial charge in [-0.2, -0.15) is 0 Å². The van der Waals surface area contributed by atoms with Crippen molar-refractivity contribution in [3.8, 4) is 5.75 Å². The number of carbonyl (C=O) groups is 1. The van der Waals surface area contributed by atoms with Crippen molar-refractivity contribution in [2.24, 2.45) is 0 Å². The molecular formula is C22H27N3O2S. The van der Waals surface area contributed by atoms with E-state index in [0.717, 1.165) is 41.2 Å². The molecule has 1 fully saturated rings. The molecule has 1 amide bonds. The predicted molar refractivity (Wildman–Crippen MR) is 118 cm³/mol. The summed E-state index contributed by atoms with van der Waals surface area (Å²) in [4.78, 5) is 13.8. The van der Waals surface area contributed by atoms with E-state index >= 15 is 0 Å². The topological polar surface area (TPSA) is 53.6 Å². The predicted octanol–water partition coefficient (Wildman–Crippen LogP) is 4.40. The Morgan fingerprint density at radius 3 is 2.75 bits per heavy atom. The van der Waals surface area contributed by atoms with Gasteiger partial charge >= 0.3 is 0 Å². The lowest BCUT2D eigenvalue weighted by Gasteiger charge is -2.19. The zero-order valence-electron chi connectivity index (χ0n) is 16.6. The molecule has 0 bridgehead atoms. The van der Waals surface area contributed by atoms with E-state index in [1.54, 1.807) is 0 Å². The highest BCUT2D eigenvalue weighted by Gasteiger charge is 2.22. The van der Waals surface area contributed by atoms with Gasteiger partial charge in [-0.25, -0.2) is 0 Å². The van der Waals surface area contributed by atoms with Crippen LogP contribution in [0.3, 0.4) is 0 Å². The number of rotatable bonds is 6. The van der Waals surface area contributed by atoms with Crippen LogP contribution in [0.5, 0.6) is 5.75 Å². The lowest BCUT2D eigenvalue weighted by Crippen LogP contribution is -2.28. The number of nitrogens with one attached hydrogen (secondary N) is 2. The number of benzene rings is 2. The van der Waals surface area contributed by atoms with E-state index in [0.29, 0.717) is 18.1 Å². The highest BCUT2D eigenvalue weighted by atomic mass is 32.1. The fourth-order valence-electron chi connectivity index (χ4n) is 3.30. The highest BCUT2D eigenvalue weighted by molar-refractivity contribution is 7.80. The number of thiocarbonyl (C=S) groups is 1. The van der Waals surface area contributed by atoms with Gasteiger partial charge in [0.25, 0.3) is 0 Å². The van der Waals surface area contributed by atoms with Crippen molar-refractivity contribution in [1.82, 2.24) is 5.32 Å². The van der Waals surface area contributed by atoms with E-state index in [2.05, 4.69) is 10.6 Å². The van der Waals surface area contributed by atoms with Crippen LogP contribution in [0, 0.1) is 6.92 Å². The van der Waals surface area contributed by atoms with Crippen LogP contribution < -0.4 is 20.3 Å². The molecule has 1 heterocycles. The van der Waals surface area contributed by atoms with Crippen molar-refractivity contribution < 1.29 is 9.53 Å². The maximum absolute atomic E-state index is 12.0. The van der Waals surface area contributed by atoms with E-state index in [1.807, 2.05) is 68.1 Å². The Morgan fingerprint density at radius 1 is 1.25 bits per heavy atom. The Labute approximate surface area is 172 Å². The number of amides is 1. The number of anilines is 2. The Balaban J connectivity index is 1.56. The molecule has 0 spiro atoms. The molecule has 0 unspecified atom stereocenters. The van der Waals surface area contributed by atoms with Gasteiger partial charge in [0.15, 0.2) is 5.11 Å². The van der Waals surface area contributed by atoms with Crippen LogP contribution in [-0.4, -0.2) is 23.7 Å². The number of nitrogens with zero attached hydrogens (tertiary/aromatic N) is 1. The van der Waals surface area contributed by atoms with Crippen molar-refractivity contribution in [1.29, 1.82) is 0 Å². The molecule has 2 aromatic rings. The third-order valence-corrected chi connectivity index (χ3v) is 4.79. The third-order valence-electron chi connectivity index (χ3n) is 4.54. The van der Waals surface area contributed by atoms with E-state index in [-0.39, 0.29) is 12.0 Å². The Morgan fingerprint density at radius 2 is 2.07 bits per heavy atom. The lowest BCUT2D eigenvalue weighted by molar-refractivity contribution is -0.117. The van der Waals surface area contributed by atoms with Gasteiger partial charge in [0.1, 0.15) is 5.75 Å². The van der Waals surface area contributed by atoms with Gasteiger partial charge in [0.2, 0.25) is 5.91 Å². The maximum atomic E-state index is 12.0. The van der Waals surface area contributed by atoms with Gasteiger partial charge in [-0.05, 0) is 80.9 Å². The molecule has 2 N–H and O–H groups in total. The molecule has 1 aliphatic rings. The van der Waals surface area contributed by atoms with Crippen molar-refractivity contribution >= 4 is 34.6 Å². The van der Waals surface area contributed by atoms with Gasteiger partial charge in [0, 0.05) is 30.9 Å². The summed E-state index contributed by atoms with van der Waals surface area (Å²) in [5.74, 6) is 1.06. The van der Waals surface area contributed by atoms with Crippen LogP contribution in [0.1, 0.15) is 37.8 Å². The first-order chi connectivity index (χ1) is 13.4. The molecule has 1 aliphatic heterocycles. The minimum atomic E-state index is 0.146. The first kappa shape index (κ1) is 20.1. The summed E-state index contributed by atoms with van der Waals surface area (Å²) >= 11 is 5.42. The largest absolute Gasteiger partial charge is 0.491 e. The van der Waals surface area contributed by atoms with Gasteiger partial charge in [-0.3, -0.25) is 4.79 Å².